The largest absolute Gasteiger partial charge is 0.271 e. The molecule has 0 aliphatic heterocycles. The zero-order valence-corrected chi connectivity index (χ0v) is 11.2. The van der Waals surface area contributed by atoms with Gasteiger partial charge in [0.1, 0.15) is 0 Å². The van der Waals surface area contributed by atoms with Crippen LogP contribution in [0.4, 0.5) is 0 Å². The Hall–Kier alpha value is 0.200. The molecule has 1 heterocycles. The van der Waals surface area contributed by atoms with Crippen LogP contribution in [0.2, 0.25) is 8.67 Å². The van der Waals surface area contributed by atoms with E-state index < -0.39 is 0 Å². The van der Waals surface area contributed by atoms with Gasteiger partial charge in [-0.25, -0.2) is 0 Å². The lowest BCUT2D eigenvalue weighted by Crippen LogP contribution is -2.29. The van der Waals surface area contributed by atoms with E-state index in [1.807, 2.05) is 6.07 Å². The molecule has 0 amide bonds. The molecule has 2 nitrogen and oxygen atoms in total. The van der Waals surface area contributed by atoms with Crippen molar-refractivity contribution in [3.8, 4) is 0 Å². The summed E-state index contributed by atoms with van der Waals surface area (Å²) < 4.78 is 1.44. The highest BCUT2D eigenvalue weighted by Gasteiger charge is 2.18. The number of nitrogens with two attached hydrogens (primary N) is 1. The van der Waals surface area contributed by atoms with Crippen molar-refractivity contribution >= 4 is 34.5 Å². The average Bonchev–Trinajstić information content (AvgIpc) is 2.54. The topological polar surface area (TPSA) is 38.0 Å². The lowest BCUT2D eigenvalue weighted by atomic mass is 9.96. The van der Waals surface area contributed by atoms with Crippen LogP contribution in [0.5, 0.6) is 0 Å². The Bertz CT molecular complexity index is 314. The molecule has 0 bridgehead atoms. The fourth-order valence-corrected chi connectivity index (χ4v) is 3.02. The first-order valence-electron chi connectivity index (χ1n) is 4.99. The predicted octanol–water partition coefficient (Wildman–Crippen LogP) is 4.00. The van der Waals surface area contributed by atoms with Crippen LogP contribution in [0, 0.1) is 5.92 Å². The van der Waals surface area contributed by atoms with Crippen molar-refractivity contribution in [3.63, 3.8) is 0 Å². The van der Waals surface area contributed by atoms with Crippen molar-refractivity contribution in [3.05, 3.63) is 20.3 Å². The van der Waals surface area contributed by atoms with E-state index in [0.717, 1.165) is 22.7 Å². The van der Waals surface area contributed by atoms with Crippen LogP contribution < -0.4 is 11.3 Å². The third-order valence-corrected chi connectivity index (χ3v) is 4.11. The summed E-state index contributed by atoms with van der Waals surface area (Å²) in [6.45, 7) is 4.37. The van der Waals surface area contributed by atoms with Crippen molar-refractivity contribution in [2.45, 2.75) is 32.7 Å². The highest BCUT2D eigenvalue weighted by molar-refractivity contribution is 7.20. The Kier molecular flexibility index (Phi) is 5.36. The minimum Gasteiger partial charge on any atom is -0.271 e. The van der Waals surface area contributed by atoms with Crippen molar-refractivity contribution < 1.29 is 0 Å². The summed E-state index contributed by atoms with van der Waals surface area (Å²) in [6.07, 6.45) is 2.10. The maximum Gasteiger partial charge on any atom is 0.0992 e. The lowest BCUT2D eigenvalue weighted by molar-refractivity contribution is 0.408. The molecule has 2 unspecified atom stereocenters. The van der Waals surface area contributed by atoms with Gasteiger partial charge in [-0.1, -0.05) is 43.5 Å². The molecule has 0 saturated heterocycles. The lowest BCUT2D eigenvalue weighted by Gasteiger charge is -2.18. The van der Waals surface area contributed by atoms with E-state index in [9.17, 15) is 0 Å². The first kappa shape index (κ1) is 13.3. The number of halogens is 2. The van der Waals surface area contributed by atoms with Crippen LogP contribution >= 0.6 is 34.5 Å². The van der Waals surface area contributed by atoms with E-state index in [1.54, 1.807) is 0 Å². The first-order valence-corrected chi connectivity index (χ1v) is 6.56. The highest BCUT2D eigenvalue weighted by Crippen LogP contribution is 2.36. The molecule has 3 N–H and O–H groups in total. The molecule has 5 heteroatoms. The van der Waals surface area contributed by atoms with Crippen LogP contribution in [0.15, 0.2) is 6.07 Å². The van der Waals surface area contributed by atoms with Crippen LogP contribution in [0.25, 0.3) is 0 Å². The van der Waals surface area contributed by atoms with E-state index in [2.05, 4.69) is 19.3 Å². The maximum absolute atomic E-state index is 6.08. The van der Waals surface area contributed by atoms with Gasteiger partial charge in [-0.05, 0) is 18.4 Å². The normalized spacial score (nSPS) is 15.3. The summed E-state index contributed by atoms with van der Waals surface area (Å²) in [6, 6.07) is 1.98. The monoisotopic (exact) mass is 266 g/mol. The Morgan fingerprint density at radius 1 is 1.53 bits per heavy atom. The number of thiophene rings is 1. The van der Waals surface area contributed by atoms with Gasteiger partial charge in [0.15, 0.2) is 0 Å². The second kappa shape index (κ2) is 6.06. The third kappa shape index (κ3) is 3.61. The number of hydrogen-bond acceptors (Lipinski definition) is 3. The Labute approximate surface area is 105 Å². The molecule has 0 aliphatic rings. The van der Waals surface area contributed by atoms with Gasteiger partial charge in [0.05, 0.1) is 8.67 Å². The Balaban J connectivity index is 2.78. The van der Waals surface area contributed by atoms with Crippen LogP contribution in [0.1, 0.15) is 38.3 Å². The molecule has 0 radical (unpaired) electrons. The van der Waals surface area contributed by atoms with E-state index in [4.69, 9.17) is 29.0 Å². The second-order valence-corrected chi connectivity index (χ2v) is 6.03. The van der Waals surface area contributed by atoms with Gasteiger partial charge in [-0.2, -0.15) is 0 Å². The zero-order chi connectivity index (χ0) is 11.4. The number of hydrazine groups is 1. The SMILES string of the molecule is CCC(C)CC(NN)c1cc(Cl)sc1Cl. The second-order valence-electron chi connectivity index (χ2n) is 3.75. The summed E-state index contributed by atoms with van der Waals surface area (Å²) in [5.74, 6) is 6.15. The van der Waals surface area contributed by atoms with Gasteiger partial charge < -0.3 is 0 Å². The Morgan fingerprint density at radius 2 is 2.20 bits per heavy atom. The van der Waals surface area contributed by atoms with E-state index in [1.165, 1.54) is 11.3 Å². The molecule has 2 atom stereocenters. The highest BCUT2D eigenvalue weighted by atomic mass is 35.5. The molecule has 86 valence electrons. The van der Waals surface area contributed by atoms with Crippen LogP contribution in [-0.2, 0) is 0 Å². The van der Waals surface area contributed by atoms with E-state index >= 15 is 0 Å². The quantitative estimate of drug-likeness (QED) is 0.625. The molecule has 0 fully saturated rings. The minimum absolute atomic E-state index is 0.0937. The summed E-state index contributed by atoms with van der Waals surface area (Å²) >= 11 is 13.4. The molecular weight excluding hydrogens is 251 g/mol. The van der Waals surface area contributed by atoms with Gasteiger partial charge in [-0.3, -0.25) is 11.3 Å². The smallest absolute Gasteiger partial charge is 0.0992 e. The van der Waals surface area contributed by atoms with Crippen LogP contribution in [-0.4, -0.2) is 0 Å². The third-order valence-electron chi connectivity index (χ3n) is 2.59. The zero-order valence-electron chi connectivity index (χ0n) is 8.89. The Morgan fingerprint density at radius 3 is 2.60 bits per heavy atom. The number of nitrogens with one attached hydrogen (secondary N) is 1. The molecular formula is C10H16Cl2N2S. The van der Waals surface area contributed by atoms with E-state index in [0.29, 0.717) is 10.3 Å². The van der Waals surface area contributed by atoms with Crippen molar-refractivity contribution in [2.75, 3.05) is 0 Å². The molecule has 0 spiro atoms. The van der Waals surface area contributed by atoms with Gasteiger partial charge >= 0.3 is 0 Å². The molecule has 1 aromatic heterocycles. The summed E-state index contributed by atoms with van der Waals surface area (Å²) in [7, 11) is 0. The predicted molar refractivity (Wildman–Crippen MR) is 68.5 cm³/mol. The summed E-state index contributed by atoms with van der Waals surface area (Å²) in [5, 5.41) is 0. The molecule has 15 heavy (non-hydrogen) atoms. The molecule has 1 aromatic rings. The summed E-state index contributed by atoms with van der Waals surface area (Å²) in [5.41, 5.74) is 3.81. The first-order chi connectivity index (χ1) is 7.08. The van der Waals surface area contributed by atoms with Gasteiger partial charge in [0.25, 0.3) is 0 Å². The van der Waals surface area contributed by atoms with Crippen molar-refractivity contribution in [2.24, 2.45) is 11.8 Å². The number of rotatable bonds is 5. The molecule has 0 aromatic carbocycles. The van der Waals surface area contributed by atoms with Gasteiger partial charge in [-0.15, -0.1) is 11.3 Å². The fraction of sp³-hybridized carbons (Fsp3) is 0.600. The van der Waals surface area contributed by atoms with Gasteiger partial charge in [0.2, 0.25) is 0 Å². The molecule has 0 saturated carbocycles. The minimum atomic E-state index is 0.0937. The molecule has 0 aliphatic carbocycles. The average molecular weight is 267 g/mol. The summed E-state index contributed by atoms with van der Waals surface area (Å²) in [4.78, 5) is 0. The van der Waals surface area contributed by atoms with Gasteiger partial charge in [0, 0.05) is 11.6 Å². The number of hydrogen-bond donors (Lipinski definition) is 2. The molecule has 1 rings (SSSR count). The fourth-order valence-electron chi connectivity index (χ4n) is 1.44. The van der Waals surface area contributed by atoms with Crippen LogP contribution in [0.3, 0.4) is 0 Å². The van der Waals surface area contributed by atoms with Crippen molar-refractivity contribution in [1.82, 2.24) is 5.43 Å². The van der Waals surface area contributed by atoms with Crippen molar-refractivity contribution in [1.29, 1.82) is 0 Å². The standard InChI is InChI=1S/C10H16Cl2N2S/c1-3-6(2)4-8(14-13)7-5-9(11)15-10(7)12/h5-6,8,14H,3-4,13H2,1-2H3. The van der Waals surface area contributed by atoms with E-state index in [-0.39, 0.29) is 6.04 Å². The maximum atomic E-state index is 6.08.